The Morgan fingerprint density at radius 1 is 1.33 bits per heavy atom. The molecular weight excluding hydrogens is 226 g/mol. The summed E-state index contributed by atoms with van der Waals surface area (Å²) in [5, 5.41) is 12.1. The number of nitrogens with one attached hydrogen (secondary N) is 1. The maximum Gasteiger partial charge on any atom is 0.227 e. The Morgan fingerprint density at radius 3 is 2.67 bits per heavy atom. The van der Waals surface area contributed by atoms with Crippen LogP contribution >= 0.6 is 0 Å². The second-order valence-corrected chi connectivity index (χ2v) is 4.55. The maximum absolute atomic E-state index is 12.1. The van der Waals surface area contributed by atoms with Crippen LogP contribution in [-0.4, -0.2) is 11.0 Å². The van der Waals surface area contributed by atoms with Crippen LogP contribution < -0.4 is 5.32 Å². The molecule has 0 aliphatic carbocycles. The number of carbonyl (C=O) groups excluding carboxylic acids is 1. The molecule has 18 heavy (non-hydrogen) atoms. The molecular formula is C15H23NO2. The predicted octanol–water partition coefficient (Wildman–Crippen LogP) is 3.33. The third kappa shape index (κ3) is 4.15. The highest BCUT2D eigenvalue weighted by molar-refractivity contribution is 5.93. The third-order valence-corrected chi connectivity index (χ3v) is 3.22. The number of amides is 1. The molecule has 3 heteroatoms. The van der Waals surface area contributed by atoms with E-state index in [1.165, 1.54) is 0 Å². The highest BCUT2D eigenvalue weighted by atomic mass is 16.3. The quantitative estimate of drug-likeness (QED) is 0.778. The molecule has 1 aromatic carbocycles. The van der Waals surface area contributed by atoms with Gasteiger partial charge in [0.15, 0.2) is 0 Å². The van der Waals surface area contributed by atoms with E-state index in [0.29, 0.717) is 0 Å². The van der Waals surface area contributed by atoms with Crippen LogP contribution in [0.5, 0.6) is 0 Å². The molecule has 0 fully saturated rings. The van der Waals surface area contributed by atoms with Crippen LogP contribution in [0.25, 0.3) is 0 Å². The summed E-state index contributed by atoms with van der Waals surface area (Å²) in [6.07, 6.45) is 3.97. The molecule has 3 nitrogen and oxygen atoms in total. The number of para-hydroxylation sites is 1. The van der Waals surface area contributed by atoms with E-state index in [-0.39, 0.29) is 18.4 Å². The second kappa shape index (κ2) is 7.88. The summed E-state index contributed by atoms with van der Waals surface area (Å²) < 4.78 is 0. The second-order valence-electron chi connectivity index (χ2n) is 4.55. The SMILES string of the molecule is CCCCC(CC)C(=O)Nc1ccccc1CO. The third-order valence-electron chi connectivity index (χ3n) is 3.22. The minimum absolute atomic E-state index is 0.0534. The van der Waals surface area contributed by atoms with Crippen LogP contribution in [0.4, 0.5) is 5.69 Å². The van der Waals surface area contributed by atoms with Gasteiger partial charge in [0.25, 0.3) is 0 Å². The lowest BCUT2D eigenvalue weighted by Gasteiger charge is -2.16. The number of anilines is 1. The zero-order valence-electron chi connectivity index (χ0n) is 11.3. The van der Waals surface area contributed by atoms with Gasteiger partial charge in [0.2, 0.25) is 5.91 Å². The van der Waals surface area contributed by atoms with Crippen molar-refractivity contribution >= 4 is 11.6 Å². The van der Waals surface area contributed by atoms with E-state index in [9.17, 15) is 9.90 Å². The molecule has 0 saturated carbocycles. The van der Waals surface area contributed by atoms with Crippen molar-refractivity contribution in [3.63, 3.8) is 0 Å². The average Bonchev–Trinajstić information content (AvgIpc) is 2.40. The molecule has 0 bridgehead atoms. The number of carbonyl (C=O) groups is 1. The van der Waals surface area contributed by atoms with Crippen LogP contribution in [0.15, 0.2) is 24.3 Å². The van der Waals surface area contributed by atoms with Crippen LogP contribution in [0, 0.1) is 5.92 Å². The Balaban J connectivity index is 2.67. The molecule has 1 aromatic rings. The number of aliphatic hydroxyl groups is 1. The fraction of sp³-hybridized carbons (Fsp3) is 0.533. The van der Waals surface area contributed by atoms with E-state index in [1.807, 2.05) is 31.2 Å². The molecule has 1 atom stereocenters. The number of rotatable bonds is 7. The monoisotopic (exact) mass is 249 g/mol. The van der Waals surface area contributed by atoms with Crippen LogP contribution in [0.2, 0.25) is 0 Å². The molecule has 1 amide bonds. The van der Waals surface area contributed by atoms with E-state index < -0.39 is 0 Å². The minimum atomic E-state index is -0.0534. The van der Waals surface area contributed by atoms with Gasteiger partial charge in [-0.2, -0.15) is 0 Å². The first-order valence-electron chi connectivity index (χ1n) is 6.72. The van der Waals surface area contributed by atoms with Crippen molar-refractivity contribution in [1.82, 2.24) is 0 Å². The van der Waals surface area contributed by atoms with Crippen molar-refractivity contribution in [3.8, 4) is 0 Å². The number of aliphatic hydroxyl groups excluding tert-OH is 1. The van der Waals surface area contributed by atoms with Crippen molar-refractivity contribution in [1.29, 1.82) is 0 Å². The number of hydrogen-bond acceptors (Lipinski definition) is 2. The Labute approximate surface area is 109 Å². The van der Waals surface area contributed by atoms with E-state index in [1.54, 1.807) is 0 Å². The molecule has 100 valence electrons. The molecule has 0 saturated heterocycles. The molecule has 0 spiro atoms. The lowest BCUT2D eigenvalue weighted by Crippen LogP contribution is -2.23. The summed E-state index contributed by atoms with van der Waals surface area (Å²) in [5.74, 6) is 0.128. The maximum atomic E-state index is 12.1. The van der Waals surface area contributed by atoms with E-state index in [0.717, 1.165) is 36.9 Å². The van der Waals surface area contributed by atoms with Crippen molar-refractivity contribution in [3.05, 3.63) is 29.8 Å². The molecule has 0 aromatic heterocycles. The van der Waals surface area contributed by atoms with E-state index >= 15 is 0 Å². The standard InChI is InChI=1S/C15H23NO2/c1-3-5-8-12(4-2)15(18)16-14-10-7-6-9-13(14)11-17/h6-7,9-10,12,17H,3-5,8,11H2,1-2H3,(H,16,18). The summed E-state index contributed by atoms with van der Waals surface area (Å²) in [5.41, 5.74) is 1.48. The summed E-state index contributed by atoms with van der Waals surface area (Å²) in [4.78, 5) is 12.1. The first-order chi connectivity index (χ1) is 8.72. The molecule has 0 aliphatic rings. The van der Waals surface area contributed by atoms with Gasteiger partial charge in [0, 0.05) is 17.2 Å². The summed E-state index contributed by atoms with van der Waals surface area (Å²) in [7, 11) is 0. The first-order valence-corrected chi connectivity index (χ1v) is 6.72. The Kier molecular flexibility index (Phi) is 6.44. The Bertz CT molecular complexity index is 377. The molecule has 0 heterocycles. The normalized spacial score (nSPS) is 12.2. The van der Waals surface area contributed by atoms with E-state index in [2.05, 4.69) is 12.2 Å². The van der Waals surface area contributed by atoms with Gasteiger partial charge in [-0.05, 0) is 18.9 Å². The smallest absolute Gasteiger partial charge is 0.227 e. The lowest BCUT2D eigenvalue weighted by atomic mass is 9.98. The molecule has 0 radical (unpaired) electrons. The fourth-order valence-electron chi connectivity index (χ4n) is 1.99. The largest absolute Gasteiger partial charge is 0.392 e. The average molecular weight is 249 g/mol. The van der Waals surface area contributed by atoms with Crippen LogP contribution in [0.1, 0.15) is 45.1 Å². The predicted molar refractivity (Wildman–Crippen MR) is 74.3 cm³/mol. The molecule has 2 N–H and O–H groups in total. The van der Waals surface area contributed by atoms with Gasteiger partial charge >= 0.3 is 0 Å². The van der Waals surface area contributed by atoms with Gasteiger partial charge in [0.05, 0.1) is 6.61 Å². The van der Waals surface area contributed by atoms with E-state index in [4.69, 9.17) is 0 Å². The van der Waals surface area contributed by atoms with Gasteiger partial charge < -0.3 is 10.4 Å². The van der Waals surface area contributed by atoms with Crippen molar-refractivity contribution < 1.29 is 9.90 Å². The Hall–Kier alpha value is -1.35. The van der Waals surface area contributed by atoms with Crippen molar-refractivity contribution in [2.45, 2.75) is 46.1 Å². The van der Waals surface area contributed by atoms with Gasteiger partial charge in [-0.25, -0.2) is 0 Å². The van der Waals surface area contributed by atoms with Crippen LogP contribution in [0.3, 0.4) is 0 Å². The van der Waals surface area contributed by atoms with Crippen molar-refractivity contribution in [2.24, 2.45) is 5.92 Å². The molecule has 1 unspecified atom stereocenters. The highest BCUT2D eigenvalue weighted by Gasteiger charge is 2.16. The fourth-order valence-corrected chi connectivity index (χ4v) is 1.99. The van der Waals surface area contributed by atoms with Crippen molar-refractivity contribution in [2.75, 3.05) is 5.32 Å². The lowest BCUT2D eigenvalue weighted by molar-refractivity contribution is -0.120. The summed E-state index contributed by atoms with van der Waals surface area (Å²) >= 11 is 0. The summed E-state index contributed by atoms with van der Waals surface area (Å²) in [6, 6.07) is 7.37. The number of unbranched alkanes of at least 4 members (excludes halogenated alkanes) is 1. The van der Waals surface area contributed by atoms with Gasteiger partial charge in [-0.1, -0.05) is 44.9 Å². The van der Waals surface area contributed by atoms with Crippen LogP contribution in [-0.2, 0) is 11.4 Å². The topological polar surface area (TPSA) is 49.3 Å². The first kappa shape index (κ1) is 14.7. The Morgan fingerprint density at radius 2 is 2.06 bits per heavy atom. The minimum Gasteiger partial charge on any atom is -0.392 e. The zero-order valence-corrected chi connectivity index (χ0v) is 11.3. The van der Waals surface area contributed by atoms with Gasteiger partial charge in [-0.15, -0.1) is 0 Å². The highest BCUT2D eigenvalue weighted by Crippen LogP contribution is 2.19. The molecule has 0 aliphatic heterocycles. The number of benzene rings is 1. The zero-order chi connectivity index (χ0) is 13.4. The van der Waals surface area contributed by atoms with Gasteiger partial charge in [0.1, 0.15) is 0 Å². The van der Waals surface area contributed by atoms with Gasteiger partial charge in [-0.3, -0.25) is 4.79 Å². The number of hydrogen-bond donors (Lipinski definition) is 2. The summed E-state index contributed by atoms with van der Waals surface area (Å²) in [6.45, 7) is 4.12. The molecule has 1 rings (SSSR count).